The predicted molar refractivity (Wildman–Crippen MR) is 71.4 cm³/mol. The van der Waals surface area contributed by atoms with Crippen LogP contribution in [0.25, 0.3) is 0 Å². The average Bonchev–Trinajstić information content (AvgIpc) is 3.01. The van der Waals surface area contributed by atoms with E-state index in [4.69, 9.17) is 0 Å². The summed E-state index contributed by atoms with van der Waals surface area (Å²) in [6.07, 6.45) is 9.79. The van der Waals surface area contributed by atoms with Gasteiger partial charge in [0.1, 0.15) is 12.4 Å². The summed E-state index contributed by atoms with van der Waals surface area (Å²) in [4.78, 5) is 20.1. The highest BCUT2D eigenvalue weighted by Gasteiger charge is 2.12. The van der Waals surface area contributed by atoms with Crippen molar-refractivity contribution in [1.82, 2.24) is 24.4 Å². The van der Waals surface area contributed by atoms with Gasteiger partial charge < -0.3 is 14.5 Å². The molecule has 0 saturated carbocycles. The second kappa shape index (κ2) is 6.17. The Morgan fingerprint density at radius 1 is 1.42 bits per heavy atom. The van der Waals surface area contributed by atoms with Gasteiger partial charge in [0.15, 0.2) is 0 Å². The number of aromatic nitrogens is 4. The molecular formula is C13H19N5O. The molecule has 19 heavy (non-hydrogen) atoms. The molecule has 1 N–H and O–H groups in total. The first kappa shape index (κ1) is 13.3. The summed E-state index contributed by atoms with van der Waals surface area (Å²) in [6, 6.07) is 0.116. The van der Waals surface area contributed by atoms with E-state index < -0.39 is 0 Å². The molecule has 6 nitrogen and oxygen atoms in total. The maximum Gasteiger partial charge on any atom is 0.240 e. The second-order valence-electron chi connectivity index (χ2n) is 4.53. The lowest BCUT2D eigenvalue weighted by Gasteiger charge is -2.17. The molecule has 0 aromatic carbocycles. The van der Waals surface area contributed by atoms with Crippen molar-refractivity contribution in [2.45, 2.75) is 39.4 Å². The first-order chi connectivity index (χ1) is 9.19. The quantitative estimate of drug-likeness (QED) is 0.843. The van der Waals surface area contributed by atoms with E-state index in [1.807, 2.05) is 28.5 Å². The number of nitrogens with zero attached hydrogens (tertiary/aromatic N) is 4. The summed E-state index contributed by atoms with van der Waals surface area (Å²) < 4.78 is 3.80. The number of aryl methyl sites for hydroxylation is 1. The lowest BCUT2D eigenvalue weighted by Crippen LogP contribution is -2.39. The molecule has 0 fully saturated rings. The van der Waals surface area contributed by atoms with Crippen LogP contribution < -0.4 is 5.32 Å². The molecule has 0 bridgehead atoms. The molecule has 0 saturated heterocycles. The first-order valence-corrected chi connectivity index (χ1v) is 6.42. The average molecular weight is 261 g/mol. The van der Waals surface area contributed by atoms with Crippen molar-refractivity contribution in [3.8, 4) is 0 Å². The molecule has 2 aromatic heterocycles. The zero-order valence-corrected chi connectivity index (χ0v) is 11.3. The summed E-state index contributed by atoms with van der Waals surface area (Å²) in [5.41, 5.74) is 0. The number of amides is 1. The Hall–Kier alpha value is -2.11. The minimum atomic E-state index is 0.00747. The molecule has 1 atom stereocenters. The molecule has 0 aliphatic rings. The molecule has 1 amide bonds. The molecule has 0 radical (unpaired) electrons. The number of hydrogen-bond acceptors (Lipinski definition) is 3. The number of hydrogen-bond donors (Lipinski definition) is 1. The van der Waals surface area contributed by atoms with Crippen molar-refractivity contribution in [2.75, 3.05) is 0 Å². The van der Waals surface area contributed by atoms with Crippen LogP contribution in [0.3, 0.4) is 0 Å². The van der Waals surface area contributed by atoms with Crippen LogP contribution in [0.1, 0.15) is 19.2 Å². The summed E-state index contributed by atoms with van der Waals surface area (Å²) in [6.45, 7) is 5.00. The maximum absolute atomic E-state index is 12.0. The van der Waals surface area contributed by atoms with Gasteiger partial charge in [-0.3, -0.25) is 4.79 Å². The van der Waals surface area contributed by atoms with Crippen LogP contribution in [0.4, 0.5) is 0 Å². The molecule has 0 aliphatic carbocycles. The molecule has 0 unspecified atom stereocenters. The Bertz CT molecular complexity index is 517. The Morgan fingerprint density at radius 3 is 2.84 bits per heavy atom. The van der Waals surface area contributed by atoms with Crippen molar-refractivity contribution >= 4 is 5.91 Å². The molecule has 6 heteroatoms. The highest BCUT2D eigenvalue weighted by molar-refractivity contribution is 5.76. The van der Waals surface area contributed by atoms with E-state index in [1.165, 1.54) is 0 Å². The Labute approximate surface area is 112 Å². The monoisotopic (exact) mass is 261 g/mol. The standard InChI is InChI=1S/C13H19N5O/c1-3-12(8-17-6-4-14-10-17)16-13(19)9-18-7-5-15-11(18)2/h4-7,10,12H,3,8-9H2,1-2H3,(H,16,19)/t12-/m0/s1. The van der Waals surface area contributed by atoms with Gasteiger partial charge in [0.2, 0.25) is 5.91 Å². The largest absolute Gasteiger partial charge is 0.350 e. The van der Waals surface area contributed by atoms with Crippen molar-refractivity contribution < 1.29 is 4.79 Å². The molecule has 2 rings (SSSR count). The maximum atomic E-state index is 12.0. The van der Waals surface area contributed by atoms with Gasteiger partial charge in [-0.15, -0.1) is 0 Å². The van der Waals surface area contributed by atoms with E-state index >= 15 is 0 Å². The normalized spacial score (nSPS) is 12.3. The summed E-state index contributed by atoms with van der Waals surface area (Å²) in [5.74, 6) is 0.853. The smallest absolute Gasteiger partial charge is 0.240 e. The SMILES string of the molecule is CC[C@@H](Cn1ccnc1)NC(=O)Cn1ccnc1C. The van der Waals surface area contributed by atoms with Gasteiger partial charge in [0, 0.05) is 37.4 Å². The third kappa shape index (κ3) is 3.67. The summed E-state index contributed by atoms with van der Waals surface area (Å²) in [7, 11) is 0. The van der Waals surface area contributed by atoms with Crippen molar-refractivity contribution in [3.05, 3.63) is 36.9 Å². The fourth-order valence-electron chi connectivity index (χ4n) is 1.92. The summed E-state index contributed by atoms with van der Waals surface area (Å²) >= 11 is 0. The van der Waals surface area contributed by atoms with Gasteiger partial charge in [-0.05, 0) is 13.3 Å². The van der Waals surface area contributed by atoms with Gasteiger partial charge in [-0.1, -0.05) is 6.92 Å². The lowest BCUT2D eigenvalue weighted by molar-refractivity contribution is -0.122. The van der Waals surface area contributed by atoms with E-state index in [0.717, 1.165) is 18.8 Å². The van der Waals surface area contributed by atoms with E-state index in [1.54, 1.807) is 18.7 Å². The van der Waals surface area contributed by atoms with Crippen LogP contribution in [0.15, 0.2) is 31.1 Å². The number of rotatable bonds is 6. The van der Waals surface area contributed by atoms with E-state index in [2.05, 4.69) is 22.2 Å². The van der Waals surface area contributed by atoms with Crippen molar-refractivity contribution in [1.29, 1.82) is 0 Å². The van der Waals surface area contributed by atoms with Gasteiger partial charge in [-0.25, -0.2) is 9.97 Å². The first-order valence-electron chi connectivity index (χ1n) is 6.42. The zero-order valence-electron chi connectivity index (χ0n) is 11.3. The highest BCUT2D eigenvalue weighted by atomic mass is 16.2. The predicted octanol–water partition coefficient (Wildman–Crippen LogP) is 0.983. The molecule has 2 heterocycles. The minimum Gasteiger partial charge on any atom is -0.350 e. The van der Waals surface area contributed by atoms with Crippen LogP contribution in [0.2, 0.25) is 0 Å². The molecule has 0 spiro atoms. The number of carbonyl (C=O) groups excluding carboxylic acids is 1. The Morgan fingerprint density at radius 2 is 2.26 bits per heavy atom. The minimum absolute atomic E-state index is 0.00747. The highest BCUT2D eigenvalue weighted by Crippen LogP contribution is 1.99. The fraction of sp³-hybridized carbons (Fsp3) is 0.462. The number of imidazole rings is 2. The number of carbonyl (C=O) groups is 1. The van der Waals surface area contributed by atoms with Crippen LogP contribution >= 0.6 is 0 Å². The van der Waals surface area contributed by atoms with E-state index in [0.29, 0.717) is 6.54 Å². The fourth-order valence-corrected chi connectivity index (χ4v) is 1.92. The second-order valence-corrected chi connectivity index (χ2v) is 4.53. The zero-order chi connectivity index (χ0) is 13.7. The van der Waals surface area contributed by atoms with Gasteiger partial charge in [-0.2, -0.15) is 0 Å². The Kier molecular flexibility index (Phi) is 4.33. The van der Waals surface area contributed by atoms with Crippen LogP contribution in [-0.2, 0) is 17.9 Å². The number of nitrogens with one attached hydrogen (secondary N) is 1. The van der Waals surface area contributed by atoms with Gasteiger partial charge in [0.05, 0.1) is 6.33 Å². The van der Waals surface area contributed by atoms with Crippen molar-refractivity contribution in [3.63, 3.8) is 0 Å². The lowest BCUT2D eigenvalue weighted by atomic mass is 10.2. The van der Waals surface area contributed by atoms with E-state index in [-0.39, 0.29) is 11.9 Å². The molecule has 2 aromatic rings. The van der Waals surface area contributed by atoms with Crippen molar-refractivity contribution in [2.24, 2.45) is 0 Å². The van der Waals surface area contributed by atoms with Crippen LogP contribution in [0.5, 0.6) is 0 Å². The third-order valence-corrected chi connectivity index (χ3v) is 3.09. The van der Waals surface area contributed by atoms with Gasteiger partial charge in [0.25, 0.3) is 0 Å². The topological polar surface area (TPSA) is 64.7 Å². The van der Waals surface area contributed by atoms with Crippen LogP contribution in [0, 0.1) is 6.92 Å². The summed E-state index contributed by atoms with van der Waals surface area (Å²) in [5, 5.41) is 3.03. The molecular weight excluding hydrogens is 242 g/mol. The van der Waals surface area contributed by atoms with E-state index in [9.17, 15) is 4.79 Å². The Balaban J connectivity index is 1.87. The van der Waals surface area contributed by atoms with Gasteiger partial charge >= 0.3 is 0 Å². The molecule has 0 aliphatic heterocycles. The van der Waals surface area contributed by atoms with Crippen LogP contribution in [-0.4, -0.2) is 31.1 Å². The molecule has 102 valence electrons. The third-order valence-electron chi connectivity index (χ3n) is 3.09.